The summed E-state index contributed by atoms with van der Waals surface area (Å²) in [5.41, 5.74) is 4.54. The number of carbonyl (C=O) groups excluding carboxylic acids is 1. The smallest absolute Gasteiger partial charge is 0.161 e. The summed E-state index contributed by atoms with van der Waals surface area (Å²) in [4.78, 5) is 15.3. The number of hydrogen-bond donors (Lipinski definition) is 0. The van der Waals surface area contributed by atoms with Gasteiger partial charge in [0.1, 0.15) is 0 Å². The zero-order valence-corrected chi connectivity index (χ0v) is 18.4. The second-order valence-corrected chi connectivity index (χ2v) is 8.46. The fraction of sp³-hybridized carbons (Fsp3) is 0.148. The fourth-order valence-corrected chi connectivity index (χ4v) is 5.08. The minimum absolute atomic E-state index is 0.178. The highest BCUT2D eigenvalue weighted by molar-refractivity contribution is 6.99. The number of rotatable bonds is 5. The van der Waals surface area contributed by atoms with E-state index in [4.69, 9.17) is 0 Å². The van der Waals surface area contributed by atoms with E-state index in [9.17, 15) is 4.79 Å². The summed E-state index contributed by atoms with van der Waals surface area (Å²) in [7, 11) is 0. The first-order chi connectivity index (χ1) is 15.8. The van der Waals surface area contributed by atoms with Gasteiger partial charge in [-0.15, -0.1) is 0 Å². The molecule has 0 bridgehead atoms. The molecule has 1 saturated heterocycles. The average Bonchev–Trinajstić information content (AvgIpc) is 3.37. The van der Waals surface area contributed by atoms with Gasteiger partial charge in [-0.25, -0.2) is 0 Å². The van der Waals surface area contributed by atoms with Crippen molar-refractivity contribution in [2.75, 3.05) is 13.1 Å². The fourth-order valence-electron chi connectivity index (χ4n) is 4.68. The Bertz CT molecular complexity index is 1110. The number of benzene rings is 3. The van der Waals surface area contributed by atoms with Crippen LogP contribution < -0.4 is 0 Å². The Morgan fingerprint density at radius 1 is 0.812 bits per heavy atom. The van der Waals surface area contributed by atoms with Crippen molar-refractivity contribution in [2.24, 2.45) is 0 Å². The average molecular weight is 438 g/mol. The molecule has 1 aliphatic heterocycles. The highest BCUT2D eigenvalue weighted by Gasteiger charge is 2.44. The van der Waals surface area contributed by atoms with Crippen molar-refractivity contribution in [1.82, 2.24) is 13.6 Å². The molecule has 32 heavy (non-hydrogen) atoms. The summed E-state index contributed by atoms with van der Waals surface area (Å²) in [5.74, 6) is 0.178. The summed E-state index contributed by atoms with van der Waals surface area (Å²) >= 11 is 1.16. The minimum atomic E-state index is -0.524. The highest BCUT2D eigenvalue weighted by atomic mass is 32.1. The third-order valence-corrected chi connectivity index (χ3v) is 6.57. The van der Waals surface area contributed by atoms with Crippen LogP contribution in [0.4, 0.5) is 0 Å². The van der Waals surface area contributed by atoms with Gasteiger partial charge in [0.15, 0.2) is 5.78 Å². The van der Waals surface area contributed by atoms with E-state index in [0.717, 1.165) is 23.0 Å². The van der Waals surface area contributed by atoms with Gasteiger partial charge in [0.05, 0.1) is 29.2 Å². The maximum absolute atomic E-state index is 12.9. The number of nitrogens with zero attached hydrogens (tertiary/aromatic N) is 3. The van der Waals surface area contributed by atoms with Gasteiger partial charge in [0, 0.05) is 25.1 Å². The molecule has 0 unspecified atom stereocenters. The van der Waals surface area contributed by atoms with Gasteiger partial charge < -0.3 is 0 Å². The number of hydrogen-bond acceptors (Lipinski definition) is 5. The van der Waals surface area contributed by atoms with Crippen molar-refractivity contribution in [2.45, 2.75) is 12.0 Å². The van der Waals surface area contributed by atoms with Crippen LogP contribution in [-0.4, -0.2) is 32.5 Å². The molecule has 0 spiro atoms. The Hall–Kier alpha value is -3.41. The zero-order valence-electron chi connectivity index (χ0n) is 17.6. The van der Waals surface area contributed by atoms with Crippen LogP contribution >= 0.6 is 11.7 Å². The van der Waals surface area contributed by atoms with Crippen molar-refractivity contribution in [3.05, 3.63) is 125 Å². The van der Waals surface area contributed by atoms with Crippen LogP contribution in [-0.2, 0) is 10.3 Å². The standard InChI is InChI=1S/C27H23N3OS/c31-26-16-17-30(20-21(26)18-25-19-28-32-29-25)27(22-10-4-1-5-11-22,23-12-6-2-7-13-23)24-14-8-3-9-15-24/h1-15,18-19H,16-17,20H2/b21-18+. The highest BCUT2D eigenvalue weighted by Crippen LogP contribution is 2.43. The van der Waals surface area contributed by atoms with E-state index in [1.54, 1.807) is 6.20 Å². The Kier molecular flexibility index (Phi) is 5.75. The van der Waals surface area contributed by atoms with Gasteiger partial charge in [-0.05, 0) is 22.8 Å². The molecule has 4 nitrogen and oxygen atoms in total. The molecule has 2 heterocycles. The normalized spacial score (nSPS) is 16.4. The van der Waals surface area contributed by atoms with Crippen molar-refractivity contribution >= 4 is 23.6 Å². The second-order valence-electron chi connectivity index (χ2n) is 7.91. The lowest BCUT2D eigenvalue weighted by Crippen LogP contribution is -2.52. The van der Waals surface area contributed by atoms with E-state index in [2.05, 4.69) is 86.4 Å². The third-order valence-electron chi connectivity index (χ3n) is 6.08. The predicted molar refractivity (Wildman–Crippen MR) is 128 cm³/mol. The zero-order chi connectivity index (χ0) is 21.8. The topological polar surface area (TPSA) is 46.1 Å². The van der Waals surface area contributed by atoms with Gasteiger partial charge in [0.2, 0.25) is 0 Å². The molecule has 158 valence electrons. The summed E-state index contributed by atoms with van der Waals surface area (Å²) in [6.07, 6.45) is 4.07. The van der Waals surface area contributed by atoms with E-state index >= 15 is 0 Å². The Labute approximate surface area is 192 Å². The van der Waals surface area contributed by atoms with Gasteiger partial charge in [-0.3, -0.25) is 9.69 Å². The monoisotopic (exact) mass is 437 g/mol. The molecule has 5 heteroatoms. The summed E-state index contributed by atoms with van der Waals surface area (Å²) in [6, 6.07) is 31.8. The van der Waals surface area contributed by atoms with Crippen molar-refractivity contribution in [3.63, 3.8) is 0 Å². The van der Waals surface area contributed by atoms with Crippen molar-refractivity contribution in [3.8, 4) is 0 Å². The maximum Gasteiger partial charge on any atom is 0.161 e. The number of likely N-dealkylation sites (tertiary alicyclic amines) is 1. The van der Waals surface area contributed by atoms with Crippen LogP contribution in [0.5, 0.6) is 0 Å². The summed E-state index contributed by atoms with van der Waals surface area (Å²) in [6.45, 7) is 1.21. The molecule has 1 aliphatic rings. The Morgan fingerprint density at radius 2 is 1.34 bits per heavy atom. The first kappa shape index (κ1) is 20.5. The van der Waals surface area contributed by atoms with Crippen LogP contribution in [0, 0.1) is 0 Å². The van der Waals surface area contributed by atoms with Gasteiger partial charge in [-0.1, -0.05) is 91.0 Å². The van der Waals surface area contributed by atoms with Gasteiger partial charge in [-0.2, -0.15) is 8.75 Å². The molecular formula is C27H23N3OS. The molecule has 0 radical (unpaired) electrons. The van der Waals surface area contributed by atoms with Crippen molar-refractivity contribution in [1.29, 1.82) is 0 Å². The summed E-state index contributed by atoms with van der Waals surface area (Å²) in [5, 5.41) is 0. The number of Topliss-reactive ketones (excluding diaryl/α,β-unsaturated/α-hetero) is 1. The van der Waals surface area contributed by atoms with Crippen LogP contribution in [0.1, 0.15) is 28.8 Å². The Morgan fingerprint density at radius 3 is 1.81 bits per heavy atom. The largest absolute Gasteiger partial charge is 0.294 e. The molecule has 1 fully saturated rings. The van der Waals surface area contributed by atoms with Crippen LogP contribution in [0.25, 0.3) is 6.08 Å². The lowest BCUT2D eigenvalue weighted by Gasteiger charge is -2.47. The molecule has 0 atom stereocenters. The summed E-state index contributed by atoms with van der Waals surface area (Å²) < 4.78 is 8.37. The van der Waals surface area contributed by atoms with Crippen molar-refractivity contribution < 1.29 is 4.79 Å². The van der Waals surface area contributed by atoms with E-state index in [1.807, 2.05) is 24.3 Å². The molecule has 3 aromatic carbocycles. The van der Waals surface area contributed by atoms with Crippen LogP contribution in [0.15, 0.2) is 103 Å². The van der Waals surface area contributed by atoms with Gasteiger partial charge >= 0.3 is 0 Å². The minimum Gasteiger partial charge on any atom is -0.294 e. The molecule has 0 aliphatic carbocycles. The van der Waals surface area contributed by atoms with E-state index in [-0.39, 0.29) is 5.78 Å². The lowest BCUT2D eigenvalue weighted by molar-refractivity contribution is -0.117. The van der Waals surface area contributed by atoms with Crippen LogP contribution in [0.3, 0.4) is 0 Å². The predicted octanol–water partition coefficient (Wildman–Crippen LogP) is 5.19. The lowest BCUT2D eigenvalue weighted by atomic mass is 9.74. The molecule has 4 aromatic rings. The first-order valence-corrected chi connectivity index (χ1v) is 11.4. The van der Waals surface area contributed by atoms with Crippen LogP contribution in [0.2, 0.25) is 0 Å². The molecule has 0 amide bonds. The molecule has 0 saturated carbocycles. The van der Waals surface area contributed by atoms with E-state index in [1.165, 1.54) is 16.7 Å². The molecular weight excluding hydrogens is 414 g/mol. The second kappa shape index (κ2) is 8.99. The maximum atomic E-state index is 12.9. The third kappa shape index (κ3) is 3.70. The number of ketones is 1. The molecule has 0 N–H and O–H groups in total. The van der Waals surface area contributed by atoms with E-state index < -0.39 is 5.54 Å². The van der Waals surface area contributed by atoms with Gasteiger partial charge in [0.25, 0.3) is 0 Å². The molecule has 1 aromatic heterocycles. The SMILES string of the molecule is O=C1CCN(C(c2ccccc2)(c2ccccc2)c2ccccc2)C/C1=C\c1cnsn1. The molecule has 5 rings (SSSR count). The quantitative estimate of drug-likeness (QED) is 0.318. The number of piperidine rings is 1. The number of aromatic nitrogens is 2. The van der Waals surface area contributed by atoms with E-state index in [0.29, 0.717) is 19.5 Å². The Balaban J connectivity index is 1.72. The number of carbonyl (C=O) groups is 1. The first-order valence-electron chi connectivity index (χ1n) is 10.7.